The summed E-state index contributed by atoms with van der Waals surface area (Å²) in [4.78, 5) is 11.3. The first-order chi connectivity index (χ1) is 9.47. The molecule has 0 spiro atoms. The number of nitrogens with one attached hydrogen (secondary N) is 1. The molecule has 20 heavy (non-hydrogen) atoms. The van der Waals surface area contributed by atoms with Crippen LogP contribution in [0, 0.1) is 6.92 Å². The number of alkyl halides is 2. The van der Waals surface area contributed by atoms with Crippen molar-refractivity contribution in [3.63, 3.8) is 0 Å². The minimum atomic E-state index is -2.89. The molecule has 2 rings (SSSR count). The van der Waals surface area contributed by atoms with Crippen molar-refractivity contribution in [2.75, 3.05) is 0 Å². The topological polar surface area (TPSA) is 41.6 Å². The van der Waals surface area contributed by atoms with E-state index in [1.807, 2.05) is 19.1 Å². The van der Waals surface area contributed by atoms with Crippen molar-refractivity contribution in [1.29, 1.82) is 0 Å². The molecule has 0 unspecified atom stereocenters. The average molecular weight is 275 g/mol. The predicted octanol–water partition coefficient (Wildman–Crippen LogP) is 4.02. The summed E-state index contributed by atoms with van der Waals surface area (Å²) in [6, 6.07) is 7.91. The average Bonchev–Trinajstić information content (AvgIpc) is 2.50. The van der Waals surface area contributed by atoms with Gasteiger partial charge in [0.25, 0.3) is 5.92 Å². The summed E-state index contributed by atoms with van der Waals surface area (Å²) in [5.41, 5.74) is 1.61. The molecule has 1 N–H and O–H groups in total. The Morgan fingerprint density at radius 1 is 1.10 bits per heavy atom. The highest BCUT2D eigenvalue weighted by Crippen LogP contribution is 2.25. The Bertz CT molecular complexity index is 626. The van der Waals surface area contributed by atoms with Gasteiger partial charge in [-0.3, -0.25) is 4.98 Å². The number of H-pyrrole nitrogens is 1. The first-order valence-corrected chi connectivity index (χ1v) is 6.16. The number of rotatable bonds is 2. The van der Waals surface area contributed by atoms with Gasteiger partial charge in [0.2, 0.25) is 0 Å². The number of aryl methyl sites for hydroxylation is 1. The summed E-state index contributed by atoms with van der Waals surface area (Å²) in [6.45, 7) is 2.75. The first kappa shape index (κ1) is 14.1. The van der Waals surface area contributed by atoms with E-state index in [-0.39, 0.29) is 5.56 Å². The van der Waals surface area contributed by atoms with Crippen molar-refractivity contribution in [2.45, 2.75) is 19.8 Å². The van der Waals surface area contributed by atoms with Gasteiger partial charge in [-0.2, -0.15) is 0 Å². The number of aromatic amines is 1. The van der Waals surface area contributed by atoms with Crippen LogP contribution in [0.25, 0.3) is 11.4 Å². The lowest BCUT2D eigenvalue weighted by Crippen LogP contribution is -2.05. The van der Waals surface area contributed by atoms with Gasteiger partial charge < -0.3 is 4.98 Å². The van der Waals surface area contributed by atoms with E-state index in [1.165, 1.54) is 30.6 Å². The van der Waals surface area contributed by atoms with Gasteiger partial charge in [-0.1, -0.05) is 6.07 Å². The van der Waals surface area contributed by atoms with Crippen LogP contribution in [0.1, 0.15) is 18.2 Å². The van der Waals surface area contributed by atoms with Crippen LogP contribution in [0.4, 0.5) is 8.78 Å². The molecule has 3 nitrogen and oxygen atoms in total. The van der Waals surface area contributed by atoms with E-state index in [0.29, 0.717) is 5.82 Å². The largest absolute Gasteiger partial charge is 0.346 e. The lowest BCUT2D eigenvalue weighted by Gasteiger charge is -2.07. The van der Waals surface area contributed by atoms with E-state index in [9.17, 15) is 8.78 Å². The summed E-state index contributed by atoms with van der Waals surface area (Å²) in [5.74, 6) is -2.34. The highest BCUT2D eigenvalue weighted by atomic mass is 19.3. The molecule has 0 fully saturated rings. The van der Waals surface area contributed by atoms with Crippen LogP contribution >= 0.6 is 0 Å². The predicted molar refractivity (Wildman–Crippen MR) is 73.8 cm³/mol. The third-order valence-corrected chi connectivity index (χ3v) is 2.74. The summed E-state index contributed by atoms with van der Waals surface area (Å²) in [6.07, 6.45) is 4.61. The number of hydrogen-bond acceptors (Lipinski definition) is 2. The fourth-order valence-electron chi connectivity index (χ4n) is 1.63. The van der Waals surface area contributed by atoms with Crippen LogP contribution in [0.5, 0.6) is 0 Å². The van der Waals surface area contributed by atoms with E-state index in [4.69, 9.17) is 0 Å². The van der Waals surface area contributed by atoms with E-state index < -0.39 is 5.92 Å². The van der Waals surface area contributed by atoms with Gasteiger partial charge in [0, 0.05) is 42.3 Å². The maximum atomic E-state index is 13.3. The van der Waals surface area contributed by atoms with Crippen molar-refractivity contribution in [1.82, 2.24) is 15.0 Å². The van der Waals surface area contributed by atoms with Gasteiger partial charge in [0.1, 0.15) is 5.82 Å². The molecule has 0 aliphatic heterocycles. The zero-order valence-electron chi connectivity index (χ0n) is 11.3. The Kier molecular flexibility index (Phi) is 4.08. The fraction of sp³-hybridized carbons (Fsp3) is 0.200. The van der Waals surface area contributed by atoms with Gasteiger partial charge in [-0.15, -0.1) is 0 Å². The minimum absolute atomic E-state index is 0.0836. The van der Waals surface area contributed by atoms with Gasteiger partial charge in [-0.05, 0) is 31.2 Å². The third kappa shape index (κ3) is 3.60. The lowest BCUT2D eigenvalue weighted by atomic mass is 10.2. The van der Waals surface area contributed by atoms with E-state index in [0.717, 1.165) is 18.2 Å². The fourth-order valence-corrected chi connectivity index (χ4v) is 1.63. The van der Waals surface area contributed by atoms with E-state index in [2.05, 4.69) is 15.0 Å². The standard InChI is InChI=1S/C15H15F2N3/c1-11-5-6-12(10-20-11)14-18-8-3-4-13(7-9-19-14)15(2,16)17/h3-10H,1-2H3,(H,18,19). The number of aromatic nitrogens is 3. The molecule has 0 bridgehead atoms. The molecule has 0 saturated carbocycles. The normalized spacial score (nSPS) is 11.0. The Hall–Kier alpha value is -2.30. The molecule has 0 radical (unpaired) electrons. The lowest BCUT2D eigenvalue weighted by molar-refractivity contribution is 0.0175. The SMILES string of the molecule is Cc1ccc(-c2ncccc(C(C)(F)F)cc[nH]2)cn1. The Labute approximate surface area is 116 Å². The second-order valence-corrected chi connectivity index (χ2v) is 4.50. The van der Waals surface area contributed by atoms with Gasteiger partial charge in [-0.25, -0.2) is 13.8 Å². The molecule has 0 atom stereocenters. The van der Waals surface area contributed by atoms with Crippen molar-refractivity contribution in [2.24, 2.45) is 0 Å². The van der Waals surface area contributed by atoms with Crippen molar-refractivity contribution < 1.29 is 8.78 Å². The second-order valence-electron chi connectivity index (χ2n) is 4.50. The zero-order valence-corrected chi connectivity index (χ0v) is 11.3. The number of nitrogens with zero attached hydrogens (tertiary/aromatic N) is 2. The van der Waals surface area contributed by atoms with Crippen molar-refractivity contribution in [3.05, 3.63) is 60.2 Å². The van der Waals surface area contributed by atoms with E-state index in [1.54, 1.807) is 6.20 Å². The smallest absolute Gasteiger partial charge is 0.270 e. The summed E-state index contributed by atoms with van der Waals surface area (Å²) >= 11 is 0. The highest BCUT2D eigenvalue weighted by Gasteiger charge is 2.22. The monoisotopic (exact) mass is 275 g/mol. The van der Waals surface area contributed by atoms with Crippen LogP contribution in [0.2, 0.25) is 0 Å². The molecular formula is C15H15F2N3. The highest BCUT2D eigenvalue weighted by molar-refractivity contribution is 5.52. The van der Waals surface area contributed by atoms with Crippen LogP contribution in [-0.2, 0) is 5.92 Å². The first-order valence-electron chi connectivity index (χ1n) is 6.16. The summed E-state index contributed by atoms with van der Waals surface area (Å²) in [5, 5.41) is 0. The molecule has 5 heteroatoms. The van der Waals surface area contributed by atoms with Crippen LogP contribution in [0.3, 0.4) is 0 Å². The number of halogens is 2. The molecule has 0 aliphatic rings. The van der Waals surface area contributed by atoms with Gasteiger partial charge in [0.15, 0.2) is 0 Å². The number of hydrogen-bond donors (Lipinski definition) is 1. The number of pyridine rings is 1. The maximum Gasteiger partial charge on any atom is 0.270 e. The summed E-state index contributed by atoms with van der Waals surface area (Å²) < 4.78 is 26.6. The second kappa shape index (κ2) is 5.77. The quantitative estimate of drug-likeness (QED) is 0.899. The molecule has 0 saturated heterocycles. The molecule has 2 aromatic heterocycles. The minimum Gasteiger partial charge on any atom is -0.346 e. The van der Waals surface area contributed by atoms with Crippen LogP contribution in [-0.4, -0.2) is 15.0 Å². The Morgan fingerprint density at radius 3 is 2.55 bits per heavy atom. The zero-order chi connectivity index (χ0) is 14.6. The Morgan fingerprint density at radius 2 is 1.90 bits per heavy atom. The molecule has 0 aliphatic carbocycles. The molecular weight excluding hydrogens is 260 g/mol. The van der Waals surface area contributed by atoms with Crippen LogP contribution in [0.15, 0.2) is 48.9 Å². The van der Waals surface area contributed by atoms with Crippen LogP contribution < -0.4 is 0 Å². The third-order valence-electron chi connectivity index (χ3n) is 2.74. The summed E-state index contributed by atoms with van der Waals surface area (Å²) in [7, 11) is 0. The van der Waals surface area contributed by atoms with E-state index >= 15 is 0 Å². The molecule has 0 aromatic carbocycles. The van der Waals surface area contributed by atoms with Crippen molar-refractivity contribution in [3.8, 4) is 11.4 Å². The van der Waals surface area contributed by atoms with Gasteiger partial charge in [0.05, 0.1) is 0 Å². The molecule has 2 heterocycles. The molecule has 104 valence electrons. The van der Waals surface area contributed by atoms with Gasteiger partial charge >= 0.3 is 0 Å². The molecule has 2 aromatic rings. The van der Waals surface area contributed by atoms with Crippen molar-refractivity contribution >= 4 is 0 Å². The maximum absolute atomic E-state index is 13.3. The Balaban J connectivity index is 2.47. The molecule has 0 amide bonds.